The van der Waals surface area contributed by atoms with E-state index in [-0.39, 0.29) is 24.7 Å². The second-order valence-corrected chi connectivity index (χ2v) is 7.43. The van der Waals surface area contributed by atoms with Gasteiger partial charge in [0.05, 0.1) is 19.0 Å². The number of anilines is 1. The number of hydrazone groups is 1. The summed E-state index contributed by atoms with van der Waals surface area (Å²) in [7, 11) is 1.53. The molecular formula is C25H24ClN3O4. The lowest BCUT2D eigenvalue weighted by Gasteiger charge is -2.09. The summed E-state index contributed by atoms with van der Waals surface area (Å²) in [5.74, 6) is 0.513. The first-order chi connectivity index (χ1) is 16.0. The Bertz CT molecular complexity index is 1120. The molecule has 0 spiro atoms. The highest BCUT2D eigenvalue weighted by Crippen LogP contribution is 2.23. The van der Waals surface area contributed by atoms with E-state index in [1.165, 1.54) is 13.3 Å². The Hall–Kier alpha value is -3.84. The summed E-state index contributed by atoms with van der Waals surface area (Å²) in [6.45, 7) is 0.371. The molecule has 8 heteroatoms. The maximum Gasteiger partial charge on any atom is 0.240 e. The average molecular weight is 466 g/mol. The van der Waals surface area contributed by atoms with Crippen LogP contribution in [0.5, 0.6) is 11.5 Å². The molecule has 0 bridgehead atoms. The van der Waals surface area contributed by atoms with E-state index in [1.807, 2.05) is 36.4 Å². The van der Waals surface area contributed by atoms with Gasteiger partial charge in [0.2, 0.25) is 11.8 Å². The summed E-state index contributed by atoms with van der Waals surface area (Å²) >= 11 is 5.91. The summed E-state index contributed by atoms with van der Waals surface area (Å²) < 4.78 is 11.1. The predicted octanol–water partition coefficient (Wildman–Crippen LogP) is 4.80. The monoisotopic (exact) mass is 465 g/mol. The zero-order valence-corrected chi connectivity index (χ0v) is 18.8. The van der Waals surface area contributed by atoms with Crippen LogP contribution in [0.1, 0.15) is 24.0 Å². The van der Waals surface area contributed by atoms with E-state index in [0.717, 1.165) is 5.56 Å². The number of benzene rings is 3. The van der Waals surface area contributed by atoms with Crippen LogP contribution in [0.15, 0.2) is 77.9 Å². The van der Waals surface area contributed by atoms with Crippen molar-refractivity contribution in [2.24, 2.45) is 5.10 Å². The number of nitrogens with one attached hydrogen (secondary N) is 2. The maximum atomic E-state index is 12.1. The van der Waals surface area contributed by atoms with Gasteiger partial charge in [0.1, 0.15) is 18.1 Å². The van der Waals surface area contributed by atoms with E-state index in [2.05, 4.69) is 15.8 Å². The van der Waals surface area contributed by atoms with Gasteiger partial charge in [0, 0.05) is 23.4 Å². The molecule has 0 atom stereocenters. The number of hydrogen-bond acceptors (Lipinski definition) is 5. The van der Waals surface area contributed by atoms with E-state index < -0.39 is 0 Å². The first kappa shape index (κ1) is 23.8. The van der Waals surface area contributed by atoms with Gasteiger partial charge >= 0.3 is 0 Å². The second kappa shape index (κ2) is 12.3. The van der Waals surface area contributed by atoms with E-state index in [0.29, 0.717) is 34.4 Å². The summed E-state index contributed by atoms with van der Waals surface area (Å²) in [6, 6.07) is 21.8. The SMILES string of the molecule is COc1ccccc1NC(=O)CCC(=O)NN=Cc1ccccc1OCc1ccc(Cl)cc1. The Morgan fingerprint density at radius 1 is 0.909 bits per heavy atom. The molecule has 0 unspecified atom stereocenters. The fourth-order valence-corrected chi connectivity index (χ4v) is 3.00. The van der Waals surface area contributed by atoms with Gasteiger partial charge in [-0.1, -0.05) is 48.0 Å². The lowest BCUT2D eigenvalue weighted by Crippen LogP contribution is -2.20. The van der Waals surface area contributed by atoms with Crippen LogP contribution in [-0.2, 0) is 16.2 Å². The molecule has 0 aliphatic heterocycles. The molecular weight excluding hydrogens is 442 g/mol. The van der Waals surface area contributed by atoms with Gasteiger partial charge < -0.3 is 14.8 Å². The highest BCUT2D eigenvalue weighted by Gasteiger charge is 2.09. The molecule has 7 nitrogen and oxygen atoms in total. The van der Waals surface area contributed by atoms with Gasteiger partial charge in [-0.25, -0.2) is 5.43 Å². The fourth-order valence-electron chi connectivity index (χ4n) is 2.88. The Balaban J connectivity index is 1.47. The number of ether oxygens (including phenoxy) is 2. The quantitative estimate of drug-likeness (QED) is 0.332. The second-order valence-electron chi connectivity index (χ2n) is 6.99. The van der Waals surface area contributed by atoms with Crippen molar-refractivity contribution in [3.63, 3.8) is 0 Å². The van der Waals surface area contributed by atoms with Crippen molar-refractivity contribution in [1.29, 1.82) is 0 Å². The number of carbonyl (C=O) groups excluding carboxylic acids is 2. The first-order valence-corrected chi connectivity index (χ1v) is 10.6. The molecule has 0 aliphatic carbocycles. The highest BCUT2D eigenvalue weighted by atomic mass is 35.5. The van der Waals surface area contributed by atoms with Crippen LogP contribution >= 0.6 is 11.6 Å². The minimum Gasteiger partial charge on any atom is -0.495 e. The average Bonchev–Trinajstić information content (AvgIpc) is 2.83. The standard InChI is InChI=1S/C25H24ClN3O4/c1-32-23-9-5-3-7-21(23)28-24(30)14-15-25(31)29-27-16-19-6-2-4-8-22(19)33-17-18-10-12-20(26)13-11-18/h2-13,16H,14-15,17H2,1H3,(H,28,30)(H,29,31). The first-order valence-electron chi connectivity index (χ1n) is 10.3. The van der Waals surface area contributed by atoms with E-state index in [9.17, 15) is 9.59 Å². The number of methoxy groups -OCH3 is 1. The van der Waals surface area contributed by atoms with Gasteiger partial charge in [-0.3, -0.25) is 9.59 Å². The van der Waals surface area contributed by atoms with Crippen LogP contribution in [0.3, 0.4) is 0 Å². The number of amides is 2. The van der Waals surface area contributed by atoms with Gasteiger partial charge in [-0.2, -0.15) is 5.10 Å². The highest BCUT2D eigenvalue weighted by molar-refractivity contribution is 6.30. The maximum absolute atomic E-state index is 12.1. The molecule has 0 saturated carbocycles. The fraction of sp³-hybridized carbons (Fsp3) is 0.160. The van der Waals surface area contributed by atoms with Crippen LogP contribution < -0.4 is 20.2 Å². The number of hydrogen-bond donors (Lipinski definition) is 2. The smallest absolute Gasteiger partial charge is 0.240 e. The molecule has 0 saturated heterocycles. The Morgan fingerprint density at radius 2 is 1.58 bits per heavy atom. The molecule has 0 fully saturated rings. The summed E-state index contributed by atoms with van der Waals surface area (Å²) in [4.78, 5) is 24.2. The van der Waals surface area contributed by atoms with Crippen LogP contribution in [0.4, 0.5) is 5.69 Å². The van der Waals surface area contributed by atoms with Crippen LogP contribution in [0, 0.1) is 0 Å². The zero-order chi connectivity index (χ0) is 23.5. The molecule has 33 heavy (non-hydrogen) atoms. The largest absolute Gasteiger partial charge is 0.495 e. The van der Waals surface area contributed by atoms with E-state index in [4.69, 9.17) is 21.1 Å². The molecule has 3 rings (SSSR count). The molecule has 0 heterocycles. The van der Waals surface area contributed by atoms with Crippen molar-refractivity contribution < 1.29 is 19.1 Å². The number of halogens is 1. The van der Waals surface area contributed by atoms with Crippen molar-refractivity contribution in [2.75, 3.05) is 12.4 Å². The molecule has 0 radical (unpaired) electrons. The Labute approximate surface area is 197 Å². The molecule has 3 aromatic carbocycles. The summed E-state index contributed by atoms with van der Waals surface area (Å²) in [5.41, 5.74) is 4.68. The van der Waals surface area contributed by atoms with E-state index >= 15 is 0 Å². The number of rotatable bonds is 10. The molecule has 2 N–H and O–H groups in total. The third-order valence-corrected chi connectivity index (χ3v) is 4.83. The van der Waals surface area contributed by atoms with Gasteiger partial charge in [-0.15, -0.1) is 0 Å². The topological polar surface area (TPSA) is 89.0 Å². The lowest BCUT2D eigenvalue weighted by molar-refractivity contribution is -0.124. The van der Waals surface area contributed by atoms with Crippen molar-refractivity contribution in [3.8, 4) is 11.5 Å². The van der Waals surface area contributed by atoms with Gasteiger partial charge in [0.25, 0.3) is 0 Å². The van der Waals surface area contributed by atoms with Crippen molar-refractivity contribution in [1.82, 2.24) is 5.43 Å². The van der Waals surface area contributed by atoms with Crippen molar-refractivity contribution in [3.05, 3.63) is 88.9 Å². The molecule has 0 aliphatic rings. The van der Waals surface area contributed by atoms with Gasteiger partial charge in [0.15, 0.2) is 0 Å². The summed E-state index contributed by atoms with van der Waals surface area (Å²) in [5, 5.41) is 7.38. The molecule has 2 amide bonds. The number of nitrogens with zero attached hydrogens (tertiary/aromatic N) is 1. The zero-order valence-electron chi connectivity index (χ0n) is 18.1. The van der Waals surface area contributed by atoms with Crippen molar-refractivity contribution >= 4 is 35.3 Å². The minimum absolute atomic E-state index is 0.00691. The molecule has 3 aromatic rings. The van der Waals surface area contributed by atoms with Crippen molar-refractivity contribution in [2.45, 2.75) is 19.4 Å². The third-order valence-electron chi connectivity index (χ3n) is 4.58. The third kappa shape index (κ3) is 7.66. The Morgan fingerprint density at radius 3 is 2.33 bits per heavy atom. The van der Waals surface area contributed by atoms with Crippen LogP contribution in [0.25, 0.3) is 0 Å². The molecule has 0 aromatic heterocycles. The lowest BCUT2D eigenvalue weighted by atomic mass is 10.2. The summed E-state index contributed by atoms with van der Waals surface area (Å²) in [6.07, 6.45) is 1.51. The van der Waals surface area contributed by atoms with Crippen LogP contribution in [0.2, 0.25) is 5.02 Å². The normalized spacial score (nSPS) is 10.6. The molecule has 170 valence electrons. The van der Waals surface area contributed by atoms with Crippen LogP contribution in [-0.4, -0.2) is 25.1 Å². The van der Waals surface area contributed by atoms with Gasteiger partial charge in [-0.05, 0) is 42.0 Å². The number of carbonyl (C=O) groups is 2. The Kier molecular flexibility index (Phi) is 8.85. The predicted molar refractivity (Wildman–Crippen MR) is 129 cm³/mol. The minimum atomic E-state index is -0.374. The van der Waals surface area contributed by atoms with E-state index in [1.54, 1.807) is 36.4 Å². The number of para-hydroxylation sites is 3.